The van der Waals surface area contributed by atoms with Gasteiger partial charge >= 0.3 is 0 Å². The molecule has 0 saturated carbocycles. The second kappa shape index (κ2) is 9.63. The van der Waals surface area contributed by atoms with Crippen molar-refractivity contribution < 1.29 is 22.6 Å². The highest BCUT2D eigenvalue weighted by Gasteiger charge is 2.20. The van der Waals surface area contributed by atoms with Crippen LogP contribution in [0, 0.1) is 0 Å². The van der Waals surface area contributed by atoms with E-state index < -0.39 is 10.0 Å². The third kappa shape index (κ3) is 5.22. The Morgan fingerprint density at radius 3 is 2.23 bits per heavy atom. The first kappa shape index (κ1) is 22.3. The summed E-state index contributed by atoms with van der Waals surface area (Å²) < 4.78 is 44.5. The smallest absolute Gasteiger partial charge is 0.266 e. The van der Waals surface area contributed by atoms with Crippen molar-refractivity contribution in [3.8, 4) is 28.5 Å². The fraction of sp³-hybridized carbons (Fsp3) is 0.238. The van der Waals surface area contributed by atoms with Crippen molar-refractivity contribution in [2.24, 2.45) is 0 Å². The number of benzene rings is 2. The van der Waals surface area contributed by atoms with Crippen molar-refractivity contribution in [3.63, 3.8) is 0 Å². The molecule has 31 heavy (non-hydrogen) atoms. The lowest BCUT2D eigenvalue weighted by molar-refractivity contribution is 0.386. The van der Waals surface area contributed by atoms with Crippen LogP contribution in [-0.4, -0.2) is 46.1 Å². The van der Waals surface area contributed by atoms with E-state index in [0.29, 0.717) is 17.2 Å². The second-order valence-electron chi connectivity index (χ2n) is 6.42. The Balaban J connectivity index is 1.74. The van der Waals surface area contributed by atoms with Crippen molar-refractivity contribution in [2.75, 3.05) is 27.9 Å². The molecule has 0 spiro atoms. The van der Waals surface area contributed by atoms with E-state index in [0.717, 1.165) is 5.56 Å². The number of sulfonamides is 1. The van der Waals surface area contributed by atoms with E-state index in [1.165, 1.54) is 43.2 Å². The van der Waals surface area contributed by atoms with E-state index in [-0.39, 0.29) is 29.3 Å². The largest absolute Gasteiger partial charge is 0.497 e. The normalized spacial score (nSPS) is 11.2. The molecule has 0 unspecified atom stereocenters. The molecule has 2 aromatic carbocycles. The molecule has 164 valence electrons. The maximum atomic E-state index is 12.7. The number of aromatic nitrogens is 2. The monoisotopic (exact) mass is 445 g/mol. The molecule has 0 radical (unpaired) electrons. The molecule has 0 amide bonds. The Morgan fingerprint density at radius 2 is 1.58 bits per heavy atom. The van der Waals surface area contributed by atoms with Crippen LogP contribution >= 0.6 is 0 Å². The summed E-state index contributed by atoms with van der Waals surface area (Å²) in [7, 11) is 0.566. The second-order valence-corrected chi connectivity index (χ2v) is 8.16. The van der Waals surface area contributed by atoms with E-state index in [4.69, 9.17) is 14.2 Å². The molecule has 0 atom stereocenters. The van der Waals surface area contributed by atoms with Gasteiger partial charge in [-0.05, 0) is 42.5 Å². The van der Waals surface area contributed by atoms with Gasteiger partial charge in [0.05, 0.1) is 33.6 Å². The van der Waals surface area contributed by atoms with Gasteiger partial charge in [-0.2, -0.15) is 5.10 Å². The van der Waals surface area contributed by atoms with Crippen LogP contribution in [0.2, 0.25) is 0 Å². The van der Waals surface area contributed by atoms with Gasteiger partial charge in [-0.15, -0.1) is 0 Å². The highest BCUT2D eigenvalue weighted by Crippen LogP contribution is 2.28. The quantitative estimate of drug-likeness (QED) is 0.536. The van der Waals surface area contributed by atoms with Crippen molar-refractivity contribution in [2.45, 2.75) is 11.4 Å². The van der Waals surface area contributed by atoms with Crippen LogP contribution in [0.5, 0.6) is 17.2 Å². The number of rotatable bonds is 9. The van der Waals surface area contributed by atoms with Gasteiger partial charge in [0.15, 0.2) is 0 Å². The highest BCUT2D eigenvalue weighted by atomic mass is 32.2. The fourth-order valence-corrected chi connectivity index (χ4v) is 4.06. The van der Waals surface area contributed by atoms with Gasteiger partial charge < -0.3 is 14.2 Å². The molecule has 1 N–H and O–H groups in total. The van der Waals surface area contributed by atoms with Gasteiger partial charge in [-0.1, -0.05) is 0 Å². The van der Waals surface area contributed by atoms with Gasteiger partial charge in [0.2, 0.25) is 10.0 Å². The van der Waals surface area contributed by atoms with Gasteiger partial charge in [-0.25, -0.2) is 17.8 Å². The molecular formula is C21H23N3O6S. The Bertz CT molecular complexity index is 1210. The Morgan fingerprint density at radius 1 is 0.903 bits per heavy atom. The standard InChI is InChI=1S/C21H23N3O6S/c1-28-16-6-4-15(5-7-16)18-9-11-21(25)24(23-18)13-12-22-31(26,27)20-10-8-17(29-2)14-19(20)30-3/h4-11,14,22H,12-13H2,1-3H3. The molecule has 0 aliphatic rings. The van der Waals surface area contributed by atoms with Crippen LogP contribution in [0.1, 0.15) is 0 Å². The van der Waals surface area contributed by atoms with Gasteiger partial charge in [0, 0.05) is 24.2 Å². The van der Waals surface area contributed by atoms with E-state index in [9.17, 15) is 13.2 Å². The average molecular weight is 445 g/mol. The Labute approximate surface area is 180 Å². The van der Waals surface area contributed by atoms with E-state index >= 15 is 0 Å². The minimum atomic E-state index is -3.87. The lowest BCUT2D eigenvalue weighted by Crippen LogP contribution is -2.32. The lowest BCUT2D eigenvalue weighted by atomic mass is 10.1. The maximum Gasteiger partial charge on any atom is 0.266 e. The van der Waals surface area contributed by atoms with Crippen LogP contribution < -0.4 is 24.5 Å². The summed E-state index contributed by atoms with van der Waals surface area (Å²) in [5.41, 5.74) is 1.05. The molecule has 1 heterocycles. The zero-order valence-corrected chi connectivity index (χ0v) is 18.2. The maximum absolute atomic E-state index is 12.7. The predicted molar refractivity (Wildman–Crippen MR) is 115 cm³/mol. The molecule has 0 fully saturated rings. The number of hydrogen-bond acceptors (Lipinski definition) is 7. The van der Waals surface area contributed by atoms with Crippen LogP contribution in [-0.2, 0) is 16.6 Å². The third-order valence-electron chi connectivity index (χ3n) is 4.53. The predicted octanol–water partition coefficient (Wildman–Crippen LogP) is 1.91. The first-order valence-electron chi connectivity index (χ1n) is 9.32. The van der Waals surface area contributed by atoms with Gasteiger partial charge in [0.25, 0.3) is 5.56 Å². The van der Waals surface area contributed by atoms with Gasteiger partial charge in [0.1, 0.15) is 22.1 Å². The van der Waals surface area contributed by atoms with Gasteiger partial charge in [-0.3, -0.25) is 4.79 Å². The van der Waals surface area contributed by atoms with Crippen LogP contribution in [0.3, 0.4) is 0 Å². The minimum Gasteiger partial charge on any atom is -0.497 e. The topological polar surface area (TPSA) is 109 Å². The summed E-state index contributed by atoms with van der Waals surface area (Å²) in [5, 5.41) is 4.33. The van der Waals surface area contributed by atoms with E-state index in [1.54, 1.807) is 25.3 Å². The molecule has 10 heteroatoms. The number of methoxy groups -OCH3 is 3. The van der Waals surface area contributed by atoms with E-state index in [1.807, 2.05) is 12.1 Å². The molecule has 0 bridgehead atoms. The molecule has 3 rings (SSSR count). The third-order valence-corrected chi connectivity index (χ3v) is 6.03. The Hall–Kier alpha value is -3.37. The van der Waals surface area contributed by atoms with Crippen LogP contribution in [0.25, 0.3) is 11.3 Å². The zero-order chi connectivity index (χ0) is 22.4. The molecule has 1 aromatic heterocycles. The number of nitrogens with zero attached hydrogens (tertiary/aromatic N) is 2. The Kier molecular flexibility index (Phi) is 6.93. The summed E-state index contributed by atoms with van der Waals surface area (Å²) in [4.78, 5) is 12.1. The summed E-state index contributed by atoms with van der Waals surface area (Å²) in [6, 6.07) is 14.7. The SMILES string of the molecule is COc1ccc(-c2ccc(=O)n(CCNS(=O)(=O)c3ccc(OC)cc3OC)n2)cc1. The summed E-state index contributed by atoms with van der Waals surface area (Å²) in [5.74, 6) is 1.34. The lowest BCUT2D eigenvalue weighted by Gasteiger charge is -2.12. The first-order chi connectivity index (χ1) is 14.9. The highest BCUT2D eigenvalue weighted by molar-refractivity contribution is 7.89. The minimum absolute atomic E-state index is 0.0249. The zero-order valence-electron chi connectivity index (χ0n) is 17.4. The fourth-order valence-electron chi connectivity index (χ4n) is 2.89. The molecule has 9 nitrogen and oxygen atoms in total. The number of hydrogen-bond donors (Lipinski definition) is 1. The van der Waals surface area contributed by atoms with E-state index in [2.05, 4.69) is 9.82 Å². The summed E-state index contributed by atoms with van der Waals surface area (Å²) >= 11 is 0. The first-order valence-corrected chi connectivity index (χ1v) is 10.8. The number of ether oxygens (including phenoxy) is 3. The van der Waals surface area contributed by atoms with Crippen LogP contribution in [0.15, 0.2) is 64.3 Å². The average Bonchev–Trinajstić information content (AvgIpc) is 2.79. The van der Waals surface area contributed by atoms with Crippen molar-refractivity contribution in [1.29, 1.82) is 0 Å². The molecule has 0 saturated heterocycles. The van der Waals surface area contributed by atoms with Crippen molar-refractivity contribution >= 4 is 10.0 Å². The summed E-state index contributed by atoms with van der Waals surface area (Å²) in [6.45, 7) is 0.0248. The van der Waals surface area contributed by atoms with Crippen molar-refractivity contribution in [3.05, 3.63) is 65.0 Å². The molecule has 3 aromatic rings. The number of nitrogens with one attached hydrogen (secondary N) is 1. The molecular weight excluding hydrogens is 422 g/mol. The van der Waals surface area contributed by atoms with Crippen molar-refractivity contribution in [1.82, 2.24) is 14.5 Å². The molecule has 0 aliphatic heterocycles. The summed E-state index contributed by atoms with van der Waals surface area (Å²) in [6.07, 6.45) is 0. The van der Waals surface area contributed by atoms with Crippen LogP contribution in [0.4, 0.5) is 0 Å². The molecule has 0 aliphatic carbocycles.